The van der Waals surface area contributed by atoms with E-state index in [9.17, 15) is 18.0 Å². The fourth-order valence-corrected chi connectivity index (χ4v) is 2.58. The highest BCUT2D eigenvalue weighted by molar-refractivity contribution is 7.89. The minimum absolute atomic E-state index is 0.0267. The SMILES string of the molecule is CCCNC(=O)COC(=O)c1cccc(S(=O)(=O)N(C)OC)c1. The molecule has 9 heteroatoms. The molecule has 128 valence electrons. The molecule has 0 fully saturated rings. The van der Waals surface area contributed by atoms with E-state index in [1.807, 2.05) is 6.92 Å². The first-order chi connectivity index (χ1) is 10.8. The summed E-state index contributed by atoms with van der Waals surface area (Å²) >= 11 is 0. The van der Waals surface area contributed by atoms with Crippen LogP contribution in [0.15, 0.2) is 29.2 Å². The number of carbonyl (C=O) groups is 2. The lowest BCUT2D eigenvalue weighted by molar-refractivity contribution is -0.124. The second-order valence-electron chi connectivity index (χ2n) is 4.55. The van der Waals surface area contributed by atoms with Crippen molar-refractivity contribution in [3.8, 4) is 0 Å². The van der Waals surface area contributed by atoms with Crippen molar-refractivity contribution in [2.75, 3.05) is 27.3 Å². The van der Waals surface area contributed by atoms with Gasteiger partial charge >= 0.3 is 5.97 Å². The predicted octanol–water partition coefficient (Wildman–Crippen LogP) is 0.551. The molecule has 0 saturated heterocycles. The number of hydrogen-bond donors (Lipinski definition) is 1. The van der Waals surface area contributed by atoms with Crippen LogP contribution >= 0.6 is 0 Å². The first-order valence-corrected chi connectivity index (χ1v) is 8.33. The van der Waals surface area contributed by atoms with Crippen LogP contribution in [0.5, 0.6) is 0 Å². The third kappa shape index (κ3) is 5.31. The van der Waals surface area contributed by atoms with Crippen molar-refractivity contribution in [3.63, 3.8) is 0 Å². The third-order valence-corrected chi connectivity index (χ3v) is 4.55. The van der Waals surface area contributed by atoms with Crippen LogP contribution in [0.4, 0.5) is 0 Å². The Hall–Kier alpha value is -1.97. The minimum Gasteiger partial charge on any atom is -0.452 e. The normalized spacial score (nSPS) is 11.3. The quantitative estimate of drug-likeness (QED) is 0.546. The van der Waals surface area contributed by atoms with Gasteiger partial charge < -0.3 is 10.1 Å². The number of rotatable bonds is 8. The predicted molar refractivity (Wildman–Crippen MR) is 82.0 cm³/mol. The lowest BCUT2D eigenvalue weighted by Gasteiger charge is -2.14. The number of nitrogens with zero attached hydrogens (tertiary/aromatic N) is 1. The van der Waals surface area contributed by atoms with Gasteiger partial charge in [0, 0.05) is 13.6 Å². The first-order valence-electron chi connectivity index (χ1n) is 6.89. The van der Waals surface area contributed by atoms with E-state index in [1.165, 1.54) is 32.4 Å². The van der Waals surface area contributed by atoms with E-state index < -0.39 is 28.5 Å². The average Bonchev–Trinajstić information content (AvgIpc) is 2.56. The van der Waals surface area contributed by atoms with Gasteiger partial charge in [-0.25, -0.2) is 13.2 Å². The Balaban J connectivity index is 2.80. The van der Waals surface area contributed by atoms with Crippen molar-refractivity contribution in [1.82, 2.24) is 9.79 Å². The maximum Gasteiger partial charge on any atom is 0.338 e. The van der Waals surface area contributed by atoms with Gasteiger partial charge in [-0.1, -0.05) is 17.5 Å². The molecule has 1 aromatic rings. The molecule has 0 saturated carbocycles. The molecule has 1 amide bonds. The highest BCUT2D eigenvalue weighted by atomic mass is 32.2. The Morgan fingerprint density at radius 1 is 1.30 bits per heavy atom. The average molecular weight is 344 g/mol. The number of hydrogen-bond acceptors (Lipinski definition) is 6. The molecule has 0 aliphatic carbocycles. The van der Waals surface area contributed by atoms with Gasteiger partial charge in [-0.15, -0.1) is 0 Å². The highest BCUT2D eigenvalue weighted by Crippen LogP contribution is 2.16. The zero-order chi connectivity index (χ0) is 17.5. The summed E-state index contributed by atoms with van der Waals surface area (Å²) in [6, 6.07) is 5.30. The molecule has 0 atom stereocenters. The molecular formula is C14H20N2O6S. The van der Waals surface area contributed by atoms with Gasteiger partial charge in [0.15, 0.2) is 6.61 Å². The van der Waals surface area contributed by atoms with Crippen molar-refractivity contribution in [2.45, 2.75) is 18.2 Å². The number of benzene rings is 1. The molecule has 0 heterocycles. The van der Waals surface area contributed by atoms with Crippen molar-refractivity contribution < 1.29 is 27.6 Å². The number of sulfonamides is 1. The molecule has 0 spiro atoms. The molecule has 0 aliphatic heterocycles. The Morgan fingerprint density at radius 2 is 2.00 bits per heavy atom. The Kier molecular flexibility index (Phi) is 7.14. The molecule has 8 nitrogen and oxygen atoms in total. The molecule has 0 aromatic heterocycles. The number of amides is 1. The van der Waals surface area contributed by atoms with Gasteiger partial charge in [-0.3, -0.25) is 9.63 Å². The van der Waals surface area contributed by atoms with E-state index in [1.54, 1.807) is 0 Å². The second kappa shape index (κ2) is 8.61. The van der Waals surface area contributed by atoms with Crippen molar-refractivity contribution in [2.24, 2.45) is 0 Å². The van der Waals surface area contributed by atoms with Gasteiger partial charge in [-0.05, 0) is 24.6 Å². The number of nitrogens with one attached hydrogen (secondary N) is 1. The summed E-state index contributed by atoms with van der Waals surface area (Å²) in [7, 11) is -1.42. The van der Waals surface area contributed by atoms with Crippen LogP contribution in [-0.2, 0) is 24.4 Å². The van der Waals surface area contributed by atoms with Crippen molar-refractivity contribution >= 4 is 21.9 Å². The second-order valence-corrected chi connectivity index (χ2v) is 6.49. The summed E-state index contributed by atoms with van der Waals surface area (Å²) in [5.74, 6) is -1.20. The molecular weight excluding hydrogens is 324 g/mol. The number of ether oxygens (including phenoxy) is 1. The van der Waals surface area contributed by atoms with Crippen molar-refractivity contribution in [3.05, 3.63) is 29.8 Å². The molecule has 1 rings (SSSR count). The first kappa shape index (κ1) is 19.1. The highest BCUT2D eigenvalue weighted by Gasteiger charge is 2.22. The summed E-state index contributed by atoms with van der Waals surface area (Å²) in [4.78, 5) is 27.8. The van der Waals surface area contributed by atoms with Gasteiger partial charge in [0.25, 0.3) is 15.9 Å². The summed E-state index contributed by atoms with van der Waals surface area (Å²) in [6.45, 7) is 1.97. The van der Waals surface area contributed by atoms with Crippen LogP contribution in [0.3, 0.4) is 0 Å². The third-order valence-electron chi connectivity index (χ3n) is 2.87. The largest absolute Gasteiger partial charge is 0.452 e. The van der Waals surface area contributed by atoms with E-state index in [0.29, 0.717) is 11.0 Å². The molecule has 1 N–H and O–H groups in total. The Labute approximate surface area is 135 Å². The number of carbonyl (C=O) groups excluding carboxylic acids is 2. The summed E-state index contributed by atoms with van der Waals surface area (Å²) < 4.78 is 29.7. The minimum atomic E-state index is -3.86. The van der Waals surface area contributed by atoms with E-state index in [-0.39, 0.29) is 10.5 Å². The lowest BCUT2D eigenvalue weighted by atomic mass is 10.2. The molecule has 23 heavy (non-hydrogen) atoms. The standard InChI is InChI=1S/C14H20N2O6S/c1-4-8-15-13(17)10-22-14(18)11-6-5-7-12(9-11)23(19,20)16(2)21-3/h5-7,9H,4,8,10H2,1-3H3,(H,15,17). The van der Waals surface area contributed by atoms with Gasteiger partial charge in [0.05, 0.1) is 17.6 Å². The van der Waals surface area contributed by atoms with Crippen LogP contribution in [-0.4, -0.2) is 52.1 Å². The molecule has 1 aromatic carbocycles. The fraction of sp³-hybridized carbons (Fsp3) is 0.429. The van der Waals surface area contributed by atoms with E-state index in [4.69, 9.17) is 4.74 Å². The molecule has 0 unspecified atom stereocenters. The molecule has 0 aliphatic rings. The zero-order valence-corrected chi connectivity index (χ0v) is 14.1. The van der Waals surface area contributed by atoms with Crippen LogP contribution in [0.2, 0.25) is 0 Å². The van der Waals surface area contributed by atoms with Crippen LogP contribution in [0.25, 0.3) is 0 Å². The summed E-state index contributed by atoms with van der Waals surface area (Å²) in [5, 5.41) is 2.56. The Morgan fingerprint density at radius 3 is 2.61 bits per heavy atom. The lowest BCUT2D eigenvalue weighted by Crippen LogP contribution is -2.29. The monoisotopic (exact) mass is 344 g/mol. The van der Waals surface area contributed by atoms with Gasteiger partial charge in [0.2, 0.25) is 0 Å². The van der Waals surface area contributed by atoms with Crippen molar-refractivity contribution in [1.29, 1.82) is 0 Å². The van der Waals surface area contributed by atoms with E-state index in [2.05, 4.69) is 10.2 Å². The Bertz CT molecular complexity index is 659. The number of hydroxylamine groups is 1. The number of esters is 1. The maximum absolute atomic E-state index is 12.1. The van der Waals surface area contributed by atoms with Gasteiger partial charge in [0.1, 0.15) is 0 Å². The fourth-order valence-electron chi connectivity index (χ4n) is 1.56. The van der Waals surface area contributed by atoms with Crippen LogP contribution < -0.4 is 5.32 Å². The van der Waals surface area contributed by atoms with Crippen LogP contribution in [0, 0.1) is 0 Å². The molecule has 0 radical (unpaired) electrons. The summed E-state index contributed by atoms with van der Waals surface area (Å²) in [5.41, 5.74) is 0.0267. The van der Waals surface area contributed by atoms with Crippen LogP contribution in [0.1, 0.15) is 23.7 Å². The van der Waals surface area contributed by atoms with E-state index in [0.717, 1.165) is 12.5 Å². The summed E-state index contributed by atoms with van der Waals surface area (Å²) in [6.07, 6.45) is 0.770. The topological polar surface area (TPSA) is 102 Å². The molecule has 0 bridgehead atoms. The van der Waals surface area contributed by atoms with E-state index >= 15 is 0 Å². The van der Waals surface area contributed by atoms with Gasteiger partial charge in [-0.2, -0.15) is 0 Å². The maximum atomic E-state index is 12.1. The zero-order valence-electron chi connectivity index (χ0n) is 13.2. The smallest absolute Gasteiger partial charge is 0.338 e.